The van der Waals surface area contributed by atoms with Gasteiger partial charge in [0.1, 0.15) is 12.1 Å². The highest BCUT2D eigenvalue weighted by molar-refractivity contribution is 7.98. The molecule has 1 saturated heterocycles. The summed E-state index contributed by atoms with van der Waals surface area (Å²) in [6.07, 6.45) is 3.35. The SMILES string of the molecule is O=C(c1ccc(CSc2ncn[nH]2)cc1)N1CCCC1c1ccc(F)cc1. The number of amides is 1. The van der Waals surface area contributed by atoms with Gasteiger partial charge in [-0.3, -0.25) is 9.89 Å². The molecule has 0 aliphatic carbocycles. The zero-order valence-corrected chi connectivity index (χ0v) is 15.5. The Bertz CT molecular complexity index is 897. The Hall–Kier alpha value is -2.67. The van der Waals surface area contributed by atoms with Gasteiger partial charge in [-0.25, -0.2) is 9.37 Å². The molecule has 1 atom stereocenters. The van der Waals surface area contributed by atoms with Crippen molar-refractivity contribution in [2.45, 2.75) is 29.8 Å². The van der Waals surface area contributed by atoms with E-state index < -0.39 is 0 Å². The number of halogens is 1. The first-order valence-corrected chi connectivity index (χ1v) is 9.83. The van der Waals surface area contributed by atoms with Crippen LogP contribution in [0.25, 0.3) is 0 Å². The number of aromatic amines is 1. The molecule has 138 valence electrons. The quantitative estimate of drug-likeness (QED) is 0.672. The normalized spacial score (nSPS) is 16.6. The first-order valence-electron chi connectivity index (χ1n) is 8.84. The van der Waals surface area contributed by atoms with Crippen molar-refractivity contribution in [1.82, 2.24) is 20.1 Å². The number of hydrogen-bond acceptors (Lipinski definition) is 4. The van der Waals surface area contributed by atoms with E-state index in [2.05, 4.69) is 15.2 Å². The van der Waals surface area contributed by atoms with Crippen LogP contribution in [0.1, 0.15) is 40.4 Å². The number of H-pyrrole nitrogens is 1. The molecule has 0 saturated carbocycles. The van der Waals surface area contributed by atoms with Gasteiger partial charge in [0.15, 0.2) is 5.16 Å². The van der Waals surface area contributed by atoms with E-state index in [0.717, 1.165) is 41.4 Å². The maximum atomic E-state index is 13.2. The Morgan fingerprint density at radius 1 is 1.19 bits per heavy atom. The molecule has 3 aromatic rings. The Morgan fingerprint density at radius 3 is 2.67 bits per heavy atom. The highest BCUT2D eigenvalue weighted by atomic mass is 32.2. The number of likely N-dealkylation sites (tertiary alicyclic amines) is 1. The predicted molar refractivity (Wildman–Crippen MR) is 102 cm³/mol. The van der Waals surface area contributed by atoms with Crippen LogP contribution in [0.5, 0.6) is 0 Å². The molecule has 1 aromatic heterocycles. The summed E-state index contributed by atoms with van der Waals surface area (Å²) in [6, 6.07) is 14.2. The Labute approximate surface area is 161 Å². The molecule has 2 aromatic carbocycles. The van der Waals surface area contributed by atoms with Crippen molar-refractivity contribution in [3.8, 4) is 0 Å². The van der Waals surface area contributed by atoms with Gasteiger partial charge in [-0.2, -0.15) is 5.10 Å². The summed E-state index contributed by atoms with van der Waals surface area (Å²) in [4.78, 5) is 19.0. The van der Waals surface area contributed by atoms with Gasteiger partial charge in [0, 0.05) is 17.9 Å². The minimum Gasteiger partial charge on any atom is -0.332 e. The number of carbonyl (C=O) groups excluding carboxylic acids is 1. The van der Waals surface area contributed by atoms with Crippen molar-refractivity contribution in [3.05, 3.63) is 77.4 Å². The zero-order chi connectivity index (χ0) is 18.6. The van der Waals surface area contributed by atoms with Crippen LogP contribution in [-0.4, -0.2) is 32.5 Å². The lowest BCUT2D eigenvalue weighted by atomic mass is 10.0. The van der Waals surface area contributed by atoms with Gasteiger partial charge in [-0.15, -0.1) is 0 Å². The minimum atomic E-state index is -0.256. The molecule has 7 heteroatoms. The van der Waals surface area contributed by atoms with Crippen LogP contribution < -0.4 is 0 Å². The van der Waals surface area contributed by atoms with E-state index in [4.69, 9.17) is 0 Å². The molecule has 1 fully saturated rings. The second-order valence-electron chi connectivity index (χ2n) is 6.48. The van der Waals surface area contributed by atoms with Crippen LogP contribution in [0.2, 0.25) is 0 Å². The molecule has 1 aliphatic rings. The number of carbonyl (C=O) groups is 1. The van der Waals surface area contributed by atoms with E-state index in [1.54, 1.807) is 23.9 Å². The highest BCUT2D eigenvalue weighted by Crippen LogP contribution is 2.33. The van der Waals surface area contributed by atoms with Crippen molar-refractivity contribution in [3.63, 3.8) is 0 Å². The van der Waals surface area contributed by atoms with Crippen molar-refractivity contribution in [2.75, 3.05) is 6.54 Å². The second kappa shape index (κ2) is 7.92. The molecule has 1 N–H and O–H groups in total. The standard InChI is InChI=1S/C20H19FN4OS/c21-17-9-7-15(8-10-17)18-2-1-11-25(18)19(26)16-5-3-14(4-6-16)12-27-20-22-13-23-24-20/h3-10,13,18H,1-2,11-12H2,(H,22,23,24). The largest absolute Gasteiger partial charge is 0.332 e. The molecule has 2 heterocycles. The molecule has 4 rings (SSSR count). The number of aromatic nitrogens is 3. The molecule has 1 unspecified atom stereocenters. The number of hydrogen-bond donors (Lipinski definition) is 1. The lowest BCUT2D eigenvalue weighted by Crippen LogP contribution is -2.30. The molecule has 1 aliphatic heterocycles. The minimum absolute atomic E-state index is 0.0137. The summed E-state index contributed by atoms with van der Waals surface area (Å²) < 4.78 is 13.2. The molecular weight excluding hydrogens is 363 g/mol. The van der Waals surface area contributed by atoms with Crippen LogP contribution in [0.15, 0.2) is 60.0 Å². The summed E-state index contributed by atoms with van der Waals surface area (Å²) in [5.41, 5.74) is 2.78. The van der Waals surface area contributed by atoms with Crippen molar-refractivity contribution in [1.29, 1.82) is 0 Å². The molecule has 0 radical (unpaired) electrons. The van der Waals surface area contributed by atoms with Crippen molar-refractivity contribution in [2.24, 2.45) is 0 Å². The Morgan fingerprint density at radius 2 is 1.96 bits per heavy atom. The average Bonchev–Trinajstić information content (AvgIpc) is 3.39. The molecule has 27 heavy (non-hydrogen) atoms. The fraction of sp³-hybridized carbons (Fsp3) is 0.250. The number of rotatable bonds is 5. The van der Waals surface area contributed by atoms with Gasteiger partial charge in [0.25, 0.3) is 5.91 Å². The van der Waals surface area contributed by atoms with E-state index >= 15 is 0 Å². The van der Waals surface area contributed by atoms with Crippen LogP contribution in [0.4, 0.5) is 4.39 Å². The highest BCUT2D eigenvalue weighted by Gasteiger charge is 2.30. The van der Waals surface area contributed by atoms with Crippen molar-refractivity contribution >= 4 is 17.7 Å². The second-order valence-corrected chi connectivity index (χ2v) is 7.45. The predicted octanol–water partition coefficient (Wildman–Crippen LogP) is 4.21. The van der Waals surface area contributed by atoms with E-state index in [9.17, 15) is 9.18 Å². The van der Waals surface area contributed by atoms with Crippen LogP contribution in [0.3, 0.4) is 0 Å². The van der Waals surface area contributed by atoms with Gasteiger partial charge < -0.3 is 4.90 Å². The molecule has 0 spiro atoms. The van der Waals surface area contributed by atoms with Gasteiger partial charge in [-0.05, 0) is 48.2 Å². The maximum absolute atomic E-state index is 13.2. The first-order chi connectivity index (χ1) is 13.2. The fourth-order valence-electron chi connectivity index (χ4n) is 3.37. The van der Waals surface area contributed by atoms with Gasteiger partial charge in [0.05, 0.1) is 6.04 Å². The van der Waals surface area contributed by atoms with Crippen molar-refractivity contribution < 1.29 is 9.18 Å². The summed E-state index contributed by atoms with van der Waals surface area (Å²) >= 11 is 1.56. The lowest BCUT2D eigenvalue weighted by Gasteiger charge is -2.25. The number of nitrogens with one attached hydrogen (secondary N) is 1. The van der Waals surface area contributed by atoms with Crippen LogP contribution >= 0.6 is 11.8 Å². The maximum Gasteiger partial charge on any atom is 0.254 e. The average molecular weight is 382 g/mol. The third-order valence-electron chi connectivity index (χ3n) is 4.74. The van der Waals surface area contributed by atoms with E-state index in [-0.39, 0.29) is 17.8 Å². The Balaban J connectivity index is 1.44. The smallest absolute Gasteiger partial charge is 0.254 e. The van der Waals surface area contributed by atoms with Gasteiger partial charge in [-0.1, -0.05) is 36.0 Å². The lowest BCUT2D eigenvalue weighted by molar-refractivity contribution is 0.0735. The Kier molecular flexibility index (Phi) is 5.20. The summed E-state index contributed by atoms with van der Waals surface area (Å²) in [5.74, 6) is 0.524. The van der Waals surface area contributed by atoms with E-state index in [1.165, 1.54) is 18.5 Å². The number of thioether (sulfide) groups is 1. The summed E-state index contributed by atoms with van der Waals surface area (Å²) in [5, 5.41) is 7.41. The molecular formula is C20H19FN4OS. The zero-order valence-electron chi connectivity index (χ0n) is 14.6. The number of nitrogens with zero attached hydrogens (tertiary/aromatic N) is 3. The third kappa shape index (κ3) is 4.03. The third-order valence-corrected chi connectivity index (χ3v) is 5.69. The fourth-order valence-corrected chi connectivity index (χ4v) is 4.10. The number of benzene rings is 2. The monoisotopic (exact) mass is 382 g/mol. The van der Waals surface area contributed by atoms with Crippen LogP contribution in [-0.2, 0) is 5.75 Å². The summed E-state index contributed by atoms with van der Waals surface area (Å²) in [6.45, 7) is 0.726. The first kappa shape index (κ1) is 17.7. The molecule has 0 bridgehead atoms. The topological polar surface area (TPSA) is 61.9 Å². The molecule has 5 nitrogen and oxygen atoms in total. The van der Waals surface area contributed by atoms with Gasteiger partial charge in [0.2, 0.25) is 0 Å². The van der Waals surface area contributed by atoms with Crippen LogP contribution in [0, 0.1) is 5.82 Å². The van der Waals surface area contributed by atoms with Gasteiger partial charge >= 0.3 is 0 Å². The summed E-state index contributed by atoms with van der Waals surface area (Å²) in [7, 11) is 0. The molecule has 1 amide bonds. The van der Waals surface area contributed by atoms with E-state index in [1.807, 2.05) is 29.2 Å². The van der Waals surface area contributed by atoms with E-state index in [0.29, 0.717) is 5.56 Å².